The fraction of sp³-hybridized carbons (Fsp3) is 0.263. The van der Waals surface area contributed by atoms with E-state index < -0.39 is 10.0 Å². The SMILES string of the molecule is Cc1ccn(-c2cc(NCCNS(=O)(=O)c3ccc4c(c3)CCC(=O)N4)ncn2)n1. The predicted molar refractivity (Wildman–Crippen MR) is 111 cm³/mol. The highest BCUT2D eigenvalue weighted by molar-refractivity contribution is 7.89. The highest BCUT2D eigenvalue weighted by Gasteiger charge is 2.19. The molecule has 0 bridgehead atoms. The Morgan fingerprint density at radius 1 is 1.13 bits per heavy atom. The summed E-state index contributed by atoms with van der Waals surface area (Å²) in [4.78, 5) is 19.9. The zero-order valence-corrected chi connectivity index (χ0v) is 17.1. The van der Waals surface area contributed by atoms with Crippen LogP contribution in [0.25, 0.3) is 5.82 Å². The normalized spacial score (nSPS) is 13.6. The van der Waals surface area contributed by atoms with E-state index >= 15 is 0 Å². The molecule has 0 spiro atoms. The number of fused-ring (bicyclic) bond motifs is 1. The predicted octanol–water partition coefficient (Wildman–Crippen LogP) is 1.25. The molecule has 1 aromatic carbocycles. The molecule has 4 rings (SSSR count). The fourth-order valence-corrected chi connectivity index (χ4v) is 4.18. The number of hydrogen-bond donors (Lipinski definition) is 3. The second kappa shape index (κ2) is 8.20. The third-order valence-corrected chi connectivity index (χ3v) is 6.07. The summed E-state index contributed by atoms with van der Waals surface area (Å²) < 4.78 is 29.4. The van der Waals surface area contributed by atoms with Gasteiger partial charge in [0.15, 0.2) is 5.82 Å². The molecular weight excluding hydrogens is 406 g/mol. The van der Waals surface area contributed by atoms with Crippen molar-refractivity contribution < 1.29 is 13.2 Å². The van der Waals surface area contributed by atoms with Gasteiger partial charge in [-0.1, -0.05) is 0 Å². The van der Waals surface area contributed by atoms with Crippen molar-refractivity contribution in [3.8, 4) is 5.82 Å². The Morgan fingerprint density at radius 2 is 2.00 bits per heavy atom. The molecule has 0 fully saturated rings. The van der Waals surface area contributed by atoms with Crippen molar-refractivity contribution in [1.29, 1.82) is 0 Å². The number of hydrogen-bond acceptors (Lipinski definition) is 7. The fourth-order valence-electron chi connectivity index (χ4n) is 3.10. The number of nitrogens with zero attached hydrogens (tertiary/aromatic N) is 4. The summed E-state index contributed by atoms with van der Waals surface area (Å²) in [6, 6.07) is 8.33. The Labute approximate surface area is 173 Å². The van der Waals surface area contributed by atoms with Gasteiger partial charge in [0.05, 0.1) is 10.6 Å². The van der Waals surface area contributed by atoms with E-state index in [2.05, 4.69) is 30.4 Å². The summed E-state index contributed by atoms with van der Waals surface area (Å²) in [5.74, 6) is 1.12. The molecule has 0 unspecified atom stereocenters. The number of carbonyl (C=O) groups is 1. The van der Waals surface area contributed by atoms with Gasteiger partial charge in [-0.3, -0.25) is 4.79 Å². The van der Waals surface area contributed by atoms with Crippen LogP contribution in [0.15, 0.2) is 47.8 Å². The molecule has 3 aromatic rings. The summed E-state index contributed by atoms with van der Waals surface area (Å²) in [5.41, 5.74) is 2.36. The smallest absolute Gasteiger partial charge is 0.240 e. The van der Waals surface area contributed by atoms with Gasteiger partial charge in [0.1, 0.15) is 12.1 Å². The lowest BCUT2D eigenvalue weighted by Crippen LogP contribution is -2.29. The van der Waals surface area contributed by atoms with Gasteiger partial charge in [0.25, 0.3) is 0 Å². The van der Waals surface area contributed by atoms with Crippen LogP contribution in [-0.2, 0) is 21.2 Å². The lowest BCUT2D eigenvalue weighted by Gasteiger charge is -2.17. The molecule has 0 aliphatic carbocycles. The Morgan fingerprint density at radius 3 is 2.80 bits per heavy atom. The standard InChI is InChI=1S/C19H21N7O3S/c1-13-6-9-26(25-13)18-11-17(21-12-22-18)20-7-8-23-30(28,29)15-3-4-16-14(10-15)2-5-19(27)24-16/h3-4,6,9-12,23H,2,5,7-8H2,1H3,(H,24,27)(H,20,21,22). The van der Waals surface area contributed by atoms with E-state index in [0.717, 1.165) is 11.3 Å². The average Bonchev–Trinajstić information content (AvgIpc) is 3.17. The van der Waals surface area contributed by atoms with Crippen molar-refractivity contribution >= 4 is 27.4 Å². The van der Waals surface area contributed by atoms with Crippen molar-refractivity contribution in [1.82, 2.24) is 24.5 Å². The third-order valence-electron chi connectivity index (χ3n) is 4.62. The van der Waals surface area contributed by atoms with Gasteiger partial charge in [-0.2, -0.15) is 5.10 Å². The largest absolute Gasteiger partial charge is 0.369 e. The van der Waals surface area contributed by atoms with Crippen LogP contribution in [0.4, 0.5) is 11.5 Å². The molecule has 156 valence electrons. The van der Waals surface area contributed by atoms with Crippen LogP contribution in [0.3, 0.4) is 0 Å². The van der Waals surface area contributed by atoms with Gasteiger partial charge in [0, 0.05) is 37.5 Å². The highest BCUT2D eigenvalue weighted by Crippen LogP contribution is 2.25. The van der Waals surface area contributed by atoms with E-state index in [-0.39, 0.29) is 17.3 Å². The third kappa shape index (κ3) is 4.47. The summed E-state index contributed by atoms with van der Waals surface area (Å²) >= 11 is 0. The Hall–Kier alpha value is -3.31. The molecule has 30 heavy (non-hydrogen) atoms. The van der Waals surface area contributed by atoms with E-state index in [9.17, 15) is 13.2 Å². The van der Waals surface area contributed by atoms with Crippen LogP contribution in [0, 0.1) is 6.92 Å². The maximum absolute atomic E-state index is 12.6. The molecule has 1 aliphatic heterocycles. The van der Waals surface area contributed by atoms with Crippen LogP contribution in [-0.4, -0.2) is 47.2 Å². The molecule has 11 heteroatoms. The zero-order chi connectivity index (χ0) is 21.1. The maximum Gasteiger partial charge on any atom is 0.240 e. The monoisotopic (exact) mass is 427 g/mol. The maximum atomic E-state index is 12.6. The molecule has 3 heterocycles. The van der Waals surface area contributed by atoms with E-state index in [1.165, 1.54) is 12.4 Å². The van der Waals surface area contributed by atoms with Gasteiger partial charge in [-0.15, -0.1) is 0 Å². The first-order valence-corrected chi connectivity index (χ1v) is 10.9. The van der Waals surface area contributed by atoms with E-state index in [1.807, 2.05) is 13.0 Å². The van der Waals surface area contributed by atoms with Crippen LogP contribution in [0.2, 0.25) is 0 Å². The Balaban J connectivity index is 1.35. The van der Waals surface area contributed by atoms with Crippen molar-refractivity contribution in [3.05, 3.63) is 54.1 Å². The van der Waals surface area contributed by atoms with E-state index in [0.29, 0.717) is 36.7 Å². The number of amides is 1. The molecule has 0 saturated heterocycles. The number of carbonyl (C=O) groups excluding carboxylic acids is 1. The van der Waals surface area contributed by atoms with Gasteiger partial charge >= 0.3 is 0 Å². The Kier molecular flexibility index (Phi) is 5.46. The number of aryl methyl sites for hydroxylation is 2. The molecule has 0 saturated carbocycles. The second-order valence-electron chi connectivity index (χ2n) is 6.85. The van der Waals surface area contributed by atoms with Crippen molar-refractivity contribution in [2.24, 2.45) is 0 Å². The number of sulfonamides is 1. The van der Waals surface area contributed by atoms with Crippen LogP contribution in [0.5, 0.6) is 0 Å². The molecule has 0 radical (unpaired) electrons. The molecule has 2 aromatic heterocycles. The molecule has 10 nitrogen and oxygen atoms in total. The first kappa shape index (κ1) is 20.0. The molecule has 1 amide bonds. The van der Waals surface area contributed by atoms with Gasteiger partial charge in [-0.05, 0) is 43.2 Å². The number of aromatic nitrogens is 4. The van der Waals surface area contributed by atoms with Gasteiger partial charge in [0.2, 0.25) is 15.9 Å². The summed E-state index contributed by atoms with van der Waals surface area (Å²) in [5, 5.41) is 10.1. The minimum absolute atomic E-state index is 0.0575. The number of rotatable bonds is 7. The first-order chi connectivity index (χ1) is 14.4. The van der Waals surface area contributed by atoms with E-state index in [1.54, 1.807) is 29.1 Å². The quantitative estimate of drug-likeness (QED) is 0.484. The van der Waals surface area contributed by atoms with Crippen molar-refractivity contribution in [2.45, 2.75) is 24.7 Å². The van der Waals surface area contributed by atoms with Crippen molar-refractivity contribution in [2.75, 3.05) is 23.7 Å². The summed E-state index contributed by atoms with van der Waals surface area (Å²) in [7, 11) is -3.66. The highest BCUT2D eigenvalue weighted by atomic mass is 32.2. The van der Waals surface area contributed by atoms with Crippen LogP contribution < -0.4 is 15.4 Å². The average molecular weight is 427 g/mol. The number of nitrogens with one attached hydrogen (secondary N) is 3. The van der Waals surface area contributed by atoms with Gasteiger partial charge < -0.3 is 10.6 Å². The topological polar surface area (TPSA) is 131 Å². The molecule has 3 N–H and O–H groups in total. The lowest BCUT2D eigenvalue weighted by molar-refractivity contribution is -0.116. The minimum atomic E-state index is -3.66. The van der Waals surface area contributed by atoms with Crippen molar-refractivity contribution in [3.63, 3.8) is 0 Å². The lowest BCUT2D eigenvalue weighted by atomic mass is 10.0. The zero-order valence-electron chi connectivity index (χ0n) is 16.3. The minimum Gasteiger partial charge on any atom is -0.369 e. The van der Waals surface area contributed by atoms with Gasteiger partial charge in [-0.25, -0.2) is 27.8 Å². The summed E-state index contributed by atoms with van der Waals surface area (Å²) in [6.45, 7) is 2.41. The summed E-state index contributed by atoms with van der Waals surface area (Å²) in [6.07, 6.45) is 4.11. The van der Waals surface area contributed by atoms with E-state index in [4.69, 9.17) is 0 Å². The molecule has 1 aliphatic rings. The second-order valence-corrected chi connectivity index (χ2v) is 8.62. The molecular formula is C19H21N7O3S. The number of anilines is 2. The van der Waals surface area contributed by atoms with Crippen LogP contribution in [0.1, 0.15) is 17.7 Å². The Bertz CT molecular complexity index is 1190. The molecule has 0 atom stereocenters. The number of benzene rings is 1. The van der Waals surface area contributed by atoms with Crippen LogP contribution >= 0.6 is 0 Å². The first-order valence-electron chi connectivity index (χ1n) is 9.42.